The number of aromatic carboxylic acids is 1. The molecule has 0 bridgehead atoms. The second-order valence-corrected chi connectivity index (χ2v) is 8.09. The maximum Gasteiger partial charge on any atom is 0.336 e. The predicted octanol–water partition coefficient (Wildman–Crippen LogP) is 4.95. The van der Waals surface area contributed by atoms with Crippen LogP contribution in [0.15, 0.2) is 58.6 Å². The van der Waals surface area contributed by atoms with E-state index in [4.69, 9.17) is 4.74 Å². The fraction of sp³-hybridized carbons (Fsp3) is 0.227. The van der Waals surface area contributed by atoms with E-state index in [1.54, 1.807) is 31.0 Å². The lowest BCUT2D eigenvalue weighted by Gasteiger charge is -2.12. The van der Waals surface area contributed by atoms with E-state index < -0.39 is 5.97 Å². The van der Waals surface area contributed by atoms with Crippen molar-refractivity contribution < 1.29 is 14.6 Å². The van der Waals surface area contributed by atoms with E-state index in [9.17, 15) is 9.90 Å². The van der Waals surface area contributed by atoms with Gasteiger partial charge in [0.15, 0.2) is 0 Å². The van der Waals surface area contributed by atoms with E-state index in [1.807, 2.05) is 24.5 Å². The van der Waals surface area contributed by atoms with Crippen LogP contribution in [0.4, 0.5) is 5.82 Å². The molecule has 0 aliphatic carbocycles. The Morgan fingerprint density at radius 3 is 2.63 bits per heavy atom. The van der Waals surface area contributed by atoms with Crippen molar-refractivity contribution in [1.29, 1.82) is 0 Å². The van der Waals surface area contributed by atoms with Gasteiger partial charge in [-0.15, -0.1) is 23.5 Å². The van der Waals surface area contributed by atoms with Gasteiger partial charge < -0.3 is 15.2 Å². The molecule has 0 radical (unpaired) electrons. The fourth-order valence-corrected chi connectivity index (χ4v) is 4.13. The van der Waals surface area contributed by atoms with Crippen LogP contribution in [0.5, 0.6) is 5.75 Å². The number of methoxy groups -OCH3 is 1. The van der Waals surface area contributed by atoms with Crippen molar-refractivity contribution in [3.63, 3.8) is 0 Å². The molecule has 0 saturated carbocycles. The Labute approximate surface area is 184 Å². The van der Waals surface area contributed by atoms with Gasteiger partial charge in [-0.1, -0.05) is 6.07 Å². The number of carbonyl (C=O) groups is 1. The van der Waals surface area contributed by atoms with Gasteiger partial charge >= 0.3 is 5.97 Å². The summed E-state index contributed by atoms with van der Waals surface area (Å²) in [7, 11) is 1.68. The molecule has 0 spiro atoms. The van der Waals surface area contributed by atoms with Crippen molar-refractivity contribution in [2.24, 2.45) is 0 Å². The van der Waals surface area contributed by atoms with Crippen molar-refractivity contribution in [2.45, 2.75) is 16.2 Å². The highest BCUT2D eigenvalue weighted by molar-refractivity contribution is 7.98. The van der Waals surface area contributed by atoms with Gasteiger partial charge in [0.2, 0.25) is 0 Å². The van der Waals surface area contributed by atoms with Crippen molar-refractivity contribution in [3.8, 4) is 17.0 Å². The highest BCUT2D eigenvalue weighted by Crippen LogP contribution is 2.28. The number of carboxylic acid groups (broad SMARTS) is 1. The Bertz CT molecular complexity index is 1040. The SMILES string of the molecule is COc1ccc(SC)cc1CCNc1cc(-c2ccc(C(=O)O)c(SC)c2)ncn1. The van der Waals surface area contributed by atoms with E-state index in [0.717, 1.165) is 29.0 Å². The number of benzene rings is 2. The molecular formula is C22H23N3O3S2. The summed E-state index contributed by atoms with van der Waals surface area (Å²) in [5, 5.41) is 12.6. The van der Waals surface area contributed by atoms with Crippen LogP contribution in [0, 0.1) is 0 Å². The Balaban J connectivity index is 1.73. The van der Waals surface area contributed by atoms with E-state index in [0.29, 0.717) is 22.8 Å². The molecule has 1 aromatic heterocycles. The highest BCUT2D eigenvalue weighted by Gasteiger charge is 2.12. The zero-order valence-electron chi connectivity index (χ0n) is 17.0. The normalized spacial score (nSPS) is 10.6. The predicted molar refractivity (Wildman–Crippen MR) is 123 cm³/mol. The molecule has 6 nitrogen and oxygen atoms in total. The molecule has 3 rings (SSSR count). The molecule has 0 amide bonds. The summed E-state index contributed by atoms with van der Waals surface area (Å²) in [6.45, 7) is 0.693. The molecule has 2 aromatic carbocycles. The molecule has 0 unspecified atom stereocenters. The Hall–Kier alpha value is -2.71. The molecule has 0 atom stereocenters. The number of nitrogens with one attached hydrogen (secondary N) is 1. The van der Waals surface area contributed by atoms with Crippen molar-refractivity contribution in [3.05, 3.63) is 59.9 Å². The minimum absolute atomic E-state index is 0.292. The topological polar surface area (TPSA) is 84.3 Å². The number of nitrogens with zero attached hydrogens (tertiary/aromatic N) is 2. The molecule has 2 N–H and O–H groups in total. The second kappa shape index (κ2) is 10.4. The third kappa shape index (κ3) is 5.25. The lowest BCUT2D eigenvalue weighted by atomic mass is 10.1. The first-order valence-corrected chi connectivity index (χ1v) is 11.7. The number of hydrogen-bond donors (Lipinski definition) is 2. The molecule has 0 aliphatic heterocycles. The van der Waals surface area contributed by atoms with Crippen molar-refractivity contribution in [2.75, 3.05) is 31.5 Å². The minimum atomic E-state index is -0.933. The van der Waals surface area contributed by atoms with Crippen LogP contribution in [0.3, 0.4) is 0 Å². The lowest BCUT2D eigenvalue weighted by molar-refractivity contribution is 0.0693. The van der Waals surface area contributed by atoms with Crippen LogP contribution in [-0.2, 0) is 6.42 Å². The molecule has 1 heterocycles. The first-order chi connectivity index (χ1) is 14.5. The summed E-state index contributed by atoms with van der Waals surface area (Å²) in [5.74, 6) is 0.658. The molecule has 3 aromatic rings. The van der Waals surface area contributed by atoms with Crippen LogP contribution in [0.1, 0.15) is 15.9 Å². The zero-order chi connectivity index (χ0) is 21.5. The third-order valence-electron chi connectivity index (χ3n) is 4.58. The summed E-state index contributed by atoms with van der Waals surface area (Å²) in [6.07, 6.45) is 6.22. The summed E-state index contributed by atoms with van der Waals surface area (Å²) in [5.41, 5.74) is 3.02. The van der Waals surface area contributed by atoms with Gasteiger partial charge in [-0.05, 0) is 54.8 Å². The monoisotopic (exact) mass is 441 g/mol. The van der Waals surface area contributed by atoms with Gasteiger partial charge in [0, 0.05) is 28.0 Å². The van der Waals surface area contributed by atoms with Gasteiger partial charge in [-0.25, -0.2) is 14.8 Å². The van der Waals surface area contributed by atoms with Crippen LogP contribution in [-0.4, -0.2) is 47.2 Å². The first kappa shape index (κ1) is 22.0. The summed E-state index contributed by atoms with van der Waals surface area (Å²) in [6, 6.07) is 13.3. The van der Waals surface area contributed by atoms with E-state index in [-0.39, 0.29) is 0 Å². The van der Waals surface area contributed by atoms with Gasteiger partial charge in [-0.2, -0.15) is 0 Å². The average molecular weight is 442 g/mol. The summed E-state index contributed by atoms with van der Waals surface area (Å²) >= 11 is 3.10. The molecule has 30 heavy (non-hydrogen) atoms. The smallest absolute Gasteiger partial charge is 0.336 e. The fourth-order valence-electron chi connectivity index (χ4n) is 3.04. The molecule has 0 aliphatic rings. The summed E-state index contributed by atoms with van der Waals surface area (Å²) < 4.78 is 5.47. The number of rotatable bonds is 9. The number of aromatic nitrogens is 2. The van der Waals surface area contributed by atoms with Crippen molar-refractivity contribution in [1.82, 2.24) is 9.97 Å². The van der Waals surface area contributed by atoms with Crippen LogP contribution >= 0.6 is 23.5 Å². The van der Waals surface area contributed by atoms with Gasteiger partial charge in [0.05, 0.1) is 18.4 Å². The van der Waals surface area contributed by atoms with Crippen LogP contribution in [0.25, 0.3) is 11.3 Å². The number of hydrogen-bond acceptors (Lipinski definition) is 7. The zero-order valence-corrected chi connectivity index (χ0v) is 18.6. The van der Waals surface area contributed by atoms with Gasteiger partial charge in [-0.3, -0.25) is 0 Å². The number of carboxylic acids is 1. The third-order valence-corrected chi connectivity index (χ3v) is 6.09. The Morgan fingerprint density at radius 2 is 1.93 bits per heavy atom. The number of anilines is 1. The summed E-state index contributed by atoms with van der Waals surface area (Å²) in [4.78, 5) is 21.9. The molecule has 156 valence electrons. The number of ether oxygens (including phenoxy) is 1. The maximum atomic E-state index is 11.3. The lowest BCUT2D eigenvalue weighted by Crippen LogP contribution is -2.07. The minimum Gasteiger partial charge on any atom is -0.496 e. The van der Waals surface area contributed by atoms with E-state index in [2.05, 4.69) is 33.7 Å². The van der Waals surface area contributed by atoms with E-state index >= 15 is 0 Å². The quantitative estimate of drug-likeness (QED) is 0.451. The molecule has 0 fully saturated rings. The highest BCUT2D eigenvalue weighted by atomic mass is 32.2. The maximum absolute atomic E-state index is 11.3. The largest absolute Gasteiger partial charge is 0.496 e. The Morgan fingerprint density at radius 1 is 1.10 bits per heavy atom. The van der Waals surface area contributed by atoms with Crippen molar-refractivity contribution >= 4 is 35.3 Å². The second-order valence-electron chi connectivity index (χ2n) is 6.36. The standard InChI is InChI=1S/C22H23N3O3S2/c1-28-19-7-5-16(29-2)10-15(19)8-9-23-21-12-18(24-13-25-21)14-4-6-17(22(26)27)20(11-14)30-3/h4-7,10-13H,8-9H2,1-3H3,(H,26,27)(H,23,24,25). The molecule has 8 heteroatoms. The van der Waals surface area contributed by atoms with Crippen LogP contribution < -0.4 is 10.1 Å². The van der Waals surface area contributed by atoms with Gasteiger partial charge in [0.25, 0.3) is 0 Å². The van der Waals surface area contributed by atoms with Crippen LogP contribution in [0.2, 0.25) is 0 Å². The molecular weight excluding hydrogens is 418 g/mol. The average Bonchev–Trinajstić information content (AvgIpc) is 2.78. The Kier molecular flexibility index (Phi) is 7.59. The van der Waals surface area contributed by atoms with E-state index in [1.165, 1.54) is 23.0 Å². The van der Waals surface area contributed by atoms with Gasteiger partial charge in [0.1, 0.15) is 17.9 Å². The number of thioether (sulfide) groups is 2. The first-order valence-electron chi connectivity index (χ1n) is 9.24. The molecule has 0 saturated heterocycles.